The first-order chi connectivity index (χ1) is 10.2. The van der Waals surface area contributed by atoms with Gasteiger partial charge in [0.15, 0.2) is 5.65 Å². The molecule has 0 aliphatic heterocycles. The summed E-state index contributed by atoms with van der Waals surface area (Å²) in [6, 6.07) is 11.0. The van der Waals surface area contributed by atoms with E-state index in [0.717, 1.165) is 36.5 Å². The summed E-state index contributed by atoms with van der Waals surface area (Å²) in [6.45, 7) is 3.30. The highest BCUT2D eigenvalue weighted by molar-refractivity contribution is 5.37. The Balaban J connectivity index is 1.55. The first-order valence-corrected chi connectivity index (χ1v) is 6.98. The average Bonchev–Trinajstić information content (AvgIpc) is 2.91. The minimum atomic E-state index is -0.159. The van der Waals surface area contributed by atoms with Crippen LogP contribution in [-0.2, 0) is 13.0 Å². The molecule has 2 heterocycles. The van der Waals surface area contributed by atoms with Crippen LogP contribution >= 0.6 is 0 Å². The van der Waals surface area contributed by atoms with Gasteiger partial charge in [-0.2, -0.15) is 0 Å². The molecule has 0 radical (unpaired) electrons. The van der Waals surface area contributed by atoms with Gasteiger partial charge >= 0.3 is 0 Å². The van der Waals surface area contributed by atoms with E-state index in [1.165, 1.54) is 6.07 Å². The zero-order valence-corrected chi connectivity index (χ0v) is 11.9. The maximum absolute atomic E-state index is 13.2. The summed E-state index contributed by atoms with van der Waals surface area (Å²) in [6.07, 6.45) is 2.76. The Labute approximate surface area is 122 Å². The third-order valence-corrected chi connectivity index (χ3v) is 3.46. The second-order valence-electron chi connectivity index (χ2n) is 5.06. The van der Waals surface area contributed by atoms with Gasteiger partial charge in [-0.1, -0.05) is 18.2 Å². The number of hydrogen-bond acceptors (Lipinski definition) is 3. The number of hydrogen-bond donors (Lipinski definition) is 1. The minimum absolute atomic E-state index is 0.159. The molecule has 3 aromatic rings. The van der Waals surface area contributed by atoms with E-state index >= 15 is 0 Å². The van der Waals surface area contributed by atoms with Crippen LogP contribution < -0.4 is 5.32 Å². The third-order valence-electron chi connectivity index (χ3n) is 3.46. The van der Waals surface area contributed by atoms with Crippen molar-refractivity contribution in [3.05, 3.63) is 65.4 Å². The summed E-state index contributed by atoms with van der Waals surface area (Å²) in [5.41, 5.74) is 2.62. The number of nitrogens with zero attached hydrogens (tertiary/aromatic N) is 3. The lowest BCUT2D eigenvalue weighted by atomic mass is 10.1. The van der Waals surface area contributed by atoms with Crippen LogP contribution in [0.1, 0.15) is 17.0 Å². The zero-order chi connectivity index (χ0) is 14.7. The molecule has 3 rings (SSSR count). The van der Waals surface area contributed by atoms with E-state index in [2.05, 4.69) is 15.5 Å². The summed E-state index contributed by atoms with van der Waals surface area (Å²) < 4.78 is 15.2. The highest BCUT2D eigenvalue weighted by atomic mass is 19.1. The number of halogens is 1. The molecule has 5 heteroatoms. The van der Waals surface area contributed by atoms with Gasteiger partial charge in [0.1, 0.15) is 11.6 Å². The Bertz CT molecular complexity index is 751. The van der Waals surface area contributed by atoms with Crippen LogP contribution in [0.4, 0.5) is 4.39 Å². The fourth-order valence-corrected chi connectivity index (χ4v) is 2.31. The molecular formula is C16H17FN4. The highest BCUT2D eigenvalue weighted by Crippen LogP contribution is 2.09. The molecular weight excluding hydrogens is 267 g/mol. The zero-order valence-electron chi connectivity index (χ0n) is 11.9. The third kappa shape index (κ3) is 3.08. The van der Waals surface area contributed by atoms with E-state index in [9.17, 15) is 4.39 Å². The lowest BCUT2D eigenvalue weighted by molar-refractivity contribution is 0.615. The van der Waals surface area contributed by atoms with Crippen LogP contribution in [0.3, 0.4) is 0 Å². The molecule has 0 atom stereocenters. The van der Waals surface area contributed by atoms with E-state index in [1.807, 2.05) is 40.9 Å². The number of fused-ring (bicyclic) bond motifs is 1. The van der Waals surface area contributed by atoms with Crippen molar-refractivity contribution in [3.8, 4) is 0 Å². The van der Waals surface area contributed by atoms with Crippen LogP contribution in [0.5, 0.6) is 0 Å². The summed E-state index contributed by atoms with van der Waals surface area (Å²) in [5, 5.41) is 11.7. The van der Waals surface area contributed by atoms with Gasteiger partial charge in [-0.3, -0.25) is 4.40 Å². The van der Waals surface area contributed by atoms with Crippen LogP contribution in [-0.4, -0.2) is 21.1 Å². The maximum Gasteiger partial charge on any atom is 0.160 e. The molecule has 2 aromatic heterocycles. The second kappa shape index (κ2) is 6.01. The minimum Gasteiger partial charge on any atom is -0.312 e. The Morgan fingerprint density at radius 1 is 1.19 bits per heavy atom. The van der Waals surface area contributed by atoms with Gasteiger partial charge in [0, 0.05) is 25.7 Å². The van der Waals surface area contributed by atoms with Crippen molar-refractivity contribution in [2.75, 3.05) is 6.54 Å². The van der Waals surface area contributed by atoms with E-state index in [0.29, 0.717) is 5.56 Å². The van der Waals surface area contributed by atoms with Crippen LogP contribution in [0.15, 0.2) is 42.6 Å². The number of aryl methyl sites for hydroxylation is 1. The van der Waals surface area contributed by atoms with E-state index in [-0.39, 0.29) is 5.82 Å². The molecule has 108 valence electrons. The first kappa shape index (κ1) is 13.7. The summed E-state index contributed by atoms with van der Waals surface area (Å²) in [7, 11) is 0. The molecule has 1 N–H and O–H groups in total. The van der Waals surface area contributed by atoms with Gasteiger partial charge in [0.05, 0.1) is 0 Å². The number of benzene rings is 1. The molecule has 0 saturated carbocycles. The number of nitrogens with one attached hydrogen (secondary N) is 1. The number of rotatable bonds is 5. The Morgan fingerprint density at radius 3 is 2.95 bits per heavy atom. The van der Waals surface area contributed by atoms with E-state index in [4.69, 9.17) is 0 Å². The molecule has 0 aliphatic carbocycles. The van der Waals surface area contributed by atoms with Gasteiger partial charge in [-0.15, -0.1) is 10.2 Å². The lowest BCUT2D eigenvalue weighted by Gasteiger charge is -2.06. The molecule has 0 spiro atoms. The first-order valence-electron chi connectivity index (χ1n) is 6.98. The molecule has 0 amide bonds. The monoisotopic (exact) mass is 284 g/mol. The normalized spacial score (nSPS) is 11.1. The number of aromatic nitrogens is 3. The quantitative estimate of drug-likeness (QED) is 0.732. The van der Waals surface area contributed by atoms with Gasteiger partial charge in [0.2, 0.25) is 0 Å². The van der Waals surface area contributed by atoms with Crippen molar-refractivity contribution in [2.24, 2.45) is 0 Å². The second-order valence-corrected chi connectivity index (χ2v) is 5.06. The Hall–Kier alpha value is -2.27. The Kier molecular flexibility index (Phi) is 3.92. The van der Waals surface area contributed by atoms with Crippen molar-refractivity contribution < 1.29 is 4.39 Å². The molecule has 0 saturated heterocycles. The maximum atomic E-state index is 13.2. The molecule has 0 bridgehead atoms. The molecule has 0 unspecified atom stereocenters. The molecule has 1 aromatic carbocycles. The van der Waals surface area contributed by atoms with Gasteiger partial charge in [-0.05, 0) is 36.2 Å². The average molecular weight is 284 g/mol. The van der Waals surface area contributed by atoms with E-state index < -0.39 is 0 Å². The summed E-state index contributed by atoms with van der Waals surface area (Å²) >= 11 is 0. The lowest BCUT2D eigenvalue weighted by Crippen LogP contribution is -2.17. The topological polar surface area (TPSA) is 42.2 Å². The van der Waals surface area contributed by atoms with Crippen LogP contribution in [0.25, 0.3) is 5.65 Å². The predicted octanol–water partition coefficient (Wildman–Crippen LogP) is 2.51. The van der Waals surface area contributed by atoms with Crippen molar-refractivity contribution in [3.63, 3.8) is 0 Å². The molecule has 4 nitrogen and oxygen atoms in total. The smallest absolute Gasteiger partial charge is 0.160 e. The van der Waals surface area contributed by atoms with Crippen molar-refractivity contribution >= 4 is 5.65 Å². The Morgan fingerprint density at radius 2 is 2.10 bits per heavy atom. The standard InChI is InChI=1S/C16H17FN4/c1-12-10-13(5-6-14(12)17)11-18-8-7-16-20-19-15-4-2-3-9-21(15)16/h2-6,9-10,18H,7-8,11H2,1H3. The van der Waals surface area contributed by atoms with Crippen molar-refractivity contribution in [1.29, 1.82) is 0 Å². The largest absolute Gasteiger partial charge is 0.312 e. The van der Waals surface area contributed by atoms with Crippen LogP contribution in [0, 0.1) is 12.7 Å². The van der Waals surface area contributed by atoms with Gasteiger partial charge < -0.3 is 5.32 Å². The van der Waals surface area contributed by atoms with Gasteiger partial charge in [-0.25, -0.2) is 4.39 Å². The van der Waals surface area contributed by atoms with Crippen molar-refractivity contribution in [1.82, 2.24) is 19.9 Å². The van der Waals surface area contributed by atoms with Crippen molar-refractivity contribution in [2.45, 2.75) is 19.9 Å². The number of pyridine rings is 1. The highest BCUT2D eigenvalue weighted by Gasteiger charge is 2.04. The molecule has 0 fully saturated rings. The predicted molar refractivity (Wildman–Crippen MR) is 79.5 cm³/mol. The SMILES string of the molecule is Cc1cc(CNCCc2nnc3ccccn23)ccc1F. The summed E-state index contributed by atoms with van der Waals surface area (Å²) in [4.78, 5) is 0. The van der Waals surface area contributed by atoms with Crippen LogP contribution in [0.2, 0.25) is 0 Å². The fraction of sp³-hybridized carbons (Fsp3) is 0.250. The fourth-order valence-electron chi connectivity index (χ4n) is 2.31. The van der Waals surface area contributed by atoms with Gasteiger partial charge in [0.25, 0.3) is 0 Å². The molecule has 0 aliphatic rings. The summed E-state index contributed by atoms with van der Waals surface area (Å²) in [5.74, 6) is 0.780. The van der Waals surface area contributed by atoms with E-state index in [1.54, 1.807) is 6.92 Å². The molecule has 21 heavy (non-hydrogen) atoms.